The monoisotopic (exact) mass is 417 g/mol. The average Bonchev–Trinajstić information content (AvgIpc) is 3.19. The minimum absolute atomic E-state index is 0.0581. The van der Waals surface area contributed by atoms with Gasteiger partial charge in [-0.25, -0.2) is 8.42 Å². The van der Waals surface area contributed by atoms with Gasteiger partial charge in [-0.1, -0.05) is 40.5 Å². The third-order valence-corrected chi connectivity index (χ3v) is 7.14. The summed E-state index contributed by atoms with van der Waals surface area (Å²) in [5.74, 6) is 1.19. The summed E-state index contributed by atoms with van der Waals surface area (Å²) in [5, 5.41) is 4.61. The molecule has 3 aromatic rings. The summed E-state index contributed by atoms with van der Waals surface area (Å²) < 4.78 is 32.6. The van der Waals surface area contributed by atoms with E-state index in [9.17, 15) is 8.42 Å². The Labute approximate surface area is 169 Å². The number of rotatable bonds is 4. The van der Waals surface area contributed by atoms with Crippen LogP contribution in [0.2, 0.25) is 5.02 Å². The summed E-state index contributed by atoms with van der Waals surface area (Å²) in [6, 6.07) is 14.2. The molecule has 0 amide bonds. The third kappa shape index (κ3) is 3.83. The fraction of sp³-hybridized carbons (Fsp3) is 0.300. The highest BCUT2D eigenvalue weighted by Crippen LogP contribution is 2.31. The van der Waals surface area contributed by atoms with Gasteiger partial charge in [0.15, 0.2) is 0 Å². The van der Waals surface area contributed by atoms with E-state index < -0.39 is 10.0 Å². The number of hydrogen-bond donors (Lipinski definition) is 0. The summed E-state index contributed by atoms with van der Waals surface area (Å²) in [4.78, 5) is 4.80. The van der Waals surface area contributed by atoms with Gasteiger partial charge in [-0.3, -0.25) is 0 Å². The van der Waals surface area contributed by atoms with Crippen LogP contribution in [0.5, 0.6) is 0 Å². The molecule has 0 atom stereocenters. The van der Waals surface area contributed by atoms with Gasteiger partial charge in [0.1, 0.15) is 0 Å². The first-order chi connectivity index (χ1) is 13.4. The van der Waals surface area contributed by atoms with E-state index in [1.165, 1.54) is 16.4 Å². The SMILES string of the molecule is Cc1cccc(-c2noc(C3CCN(S(=O)(=O)c4ccc(Cl)cc4)CC3)n2)c1. The quantitative estimate of drug-likeness (QED) is 0.633. The summed E-state index contributed by atoms with van der Waals surface area (Å²) in [6.07, 6.45) is 1.28. The Kier molecular flexibility index (Phi) is 5.23. The normalized spacial score (nSPS) is 16.4. The van der Waals surface area contributed by atoms with Crippen molar-refractivity contribution >= 4 is 21.6 Å². The Morgan fingerprint density at radius 3 is 2.50 bits per heavy atom. The summed E-state index contributed by atoms with van der Waals surface area (Å²) >= 11 is 5.86. The summed E-state index contributed by atoms with van der Waals surface area (Å²) in [6.45, 7) is 2.84. The zero-order chi connectivity index (χ0) is 19.7. The maximum absolute atomic E-state index is 12.8. The molecule has 2 heterocycles. The van der Waals surface area contributed by atoms with Crippen LogP contribution in [0.3, 0.4) is 0 Å². The van der Waals surface area contributed by atoms with Crippen molar-refractivity contribution in [2.45, 2.75) is 30.6 Å². The van der Waals surface area contributed by atoms with E-state index >= 15 is 0 Å². The van der Waals surface area contributed by atoms with Gasteiger partial charge in [0, 0.05) is 29.6 Å². The first-order valence-corrected chi connectivity index (χ1v) is 10.9. The second kappa shape index (κ2) is 7.66. The molecule has 0 bridgehead atoms. The van der Waals surface area contributed by atoms with Crippen molar-refractivity contribution in [2.24, 2.45) is 0 Å². The molecule has 4 rings (SSSR count). The van der Waals surface area contributed by atoms with E-state index in [0.29, 0.717) is 42.7 Å². The van der Waals surface area contributed by atoms with Gasteiger partial charge in [-0.2, -0.15) is 9.29 Å². The molecule has 1 aliphatic rings. The molecule has 28 heavy (non-hydrogen) atoms. The molecule has 1 fully saturated rings. The number of piperidine rings is 1. The van der Waals surface area contributed by atoms with E-state index in [1.807, 2.05) is 31.2 Å². The molecular formula is C20H20ClN3O3S. The topological polar surface area (TPSA) is 76.3 Å². The Morgan fingerprint density at radius 2 is 1.82 bits per heavy atom. The van der Waals surface area contributed by atoms with Crippen LogP contribution in [-0.2, 0) is 10.0 Å². The number of aryl methyl sites for hydroxylation is 1. The first kappa shape index (κ1) is 19.1. The second-order valence-corrected chi connectivity index (χ2v) is 9.33. The van der Waals surface area contributed by atoms with Gasteiger partial charge >= 0.3 is 0 Å². The van der Waals surface area contributed by atoms with E-state index in [2.05, 4.69) is 10.1 Å². The van der Waals surface area contributed by atoms with E-state index in [4.69, 9.17) is 16.1 Å². The Hall–Kier alpha value is -2.22. The predicted molar refractivity (Wildman–Crippen MR) is 107 cm³/mol. The Morgan fingerprint density at radius 1 is 1.11 bits per heavy atom. The zero-order valence-electron chi connectivity index (χ0n) is 15.4. The Bertz CT molecular complexity index is 1070. The van der Waals surface area contributed by atoms with Crippen LogP contribution in [0.1, 0.15) is 30.2 Å². The van der Waals surface area contributed by atoms with Crippen molar-refractivity contribution in [3.63, 3.8) is 0 Å². The number of hydrogen-bond acceptors (Lipinski definition) is 5. The molecule has 0 saturated carbocycles. The number of aromatic nitrogens is 2. The molecule has 146 valence electrons. The smallest absolute Gasteiger partial charge is 0.243 e. The zero-order valence-corrected chi connectivity index (χ0v) is 16.9. The van der Waals surface area contributed by atoms with Crippen LogP contribution in [0, 0.1) is 6.92 Å². The first-order valence-electron chi connectivity index (χ1n) is 9.10. The maximum atomic E-state index is 12.8. The molecule has 1 aromatic heterocycles. The number of halogens is 1. The molecule has 0 spiro atoms. The lowest BCUT2D eigenvalue weighted by molar-refractivity contribution is 0.271. The molecule has 8 heteroatoms. The van der Waals surface area contributed by atoms with Crippen LogP contribution in [0.15, 0.2) is 57.9 Å². The van der Waals surface area contributed by atoms with Gasteiger partial charge in [0.25, 0.3) is 0 Å². The summed E-state index contributed by atoms with van der Waals surface area (Å²) in [7, 11) is -3.52. The minimum atomic E-state index is -3.52. The largest absolute Gasteiger partial charge is 0.339 e. The lowest BCUT2D eigenvalue weighted by atomic mass is 9.98. The summed E-state index contributed by atoms with van der Waals surface area (Å²) in [5.41, 5.74) is 2.04. The van der Waals surface area contributed by atoms with Crippen molar-refractivity contribution in [3.8, 4) is 11.4 Å². The van der Waals surface area contributed by atoms with Crippen LogP contribution >= 0.6 is 11.6 Å². The molecule has 0 N–H and O–H groups in total. The van der Waals surface area contributed by atoms with E-state index in [0.717, 1.165) is 11.1 Å². The molecule has 1 saturated heterocycles. The van der Waals surface area contributed by atoms with Crippen molar-refractivity contribution in [1.82, 2.24) is 14.4 Å². The lowest BCUT2D eigenvalue weighted by Gasteiger charge is -2.29. The van der Waals surface area contributed by atoms with Gasteiger partial charge in [-0.05, 0) is 50.1 Å². The van der Waals surface area contributed by atoms with Gasteiger partial charge in [-0.15, -0.1) is 0 Å². The van der Waals surface area contributed by atoms with Gasteiger partial charge in [0.05, 0.1) is 4.90 Å². The van der Waals surface area contributed by atoms with Crippen LogP contribution in [0.25, 0.3) is 11.4 Å². The molecule has 0 unspecified atom stereocenters. The average molecular weight is 418 g/mol. The van der Waals surface area contributed by atoms with Crippen LogP contribution in [-0.4, -0.2) is 36.0 Å². The third-order valence-electron chi connectivity index (χ3n) is 4.97. The van der Waals surface area contributed by atoms with Crippen molar-refractivity contribution < 1.29 is 12.9 Å². The molecular weight excluding hydrogens is 398 g/mol. The highest BCUT2D eigenvalue weighted by Gasteiger charge is 2.32. The van der Waals surface area contributed by atoms with E-state index in [-0.39, 0.29) is 10.8 Å². The van der Waals surface area contributed by atoms with Crippen molar-refractivity contribution in [1.29, 1.82) is 0 Å². The predicted octanol–water partition coefficient (Wildman–Crippen LogP) is 4.27. The Balaban J connectivity index is 1.45. The number of sulfonamides is 1. The lowest BCUT2D eigenvalue weighted by Crippen LogP contribution is -2.37. The minimum Gasteiger partial charge on any atom is -0.339 e. The maximum Gasteiger partial charge on any atom is 0.243 e. The van der Waals surface area contributed by atoms with Crippen LogP contribution in [0.4, 0.5) is 0 Å². The number of benzene rings is 2. The van der Waals surface area contributed by atoms with Crippen LogP contribution < -0.4 is 0 Å². The molecule has 1 aliphatic heterocycles. The molecule has 0 radical (unpaired) electrons. The molecule has 2 aromatic carbocycles. The molecule has 6 nitrogen and oxygen atoms in total. The van der Waals surface area contributed by atoms with Gasteiger partial charge < -0.3 is 4.52 Å². The molecule has 0 aliphatic carbocycles. The van der Waals surface area contributed by atoms with Gasteiger partial charge in [0.2, 0.25) is 21.7 Å². The second-order valence-electron chi connectivity index (χ2n) is 6.96. The highest BCUT2D eigenvalue weighted by atomic mass is 35.5. The van der Waals surface area contributed by atoms with Crippen molar-refractivity contribution in [3.05, 3.63) is 65.0 Å². The van der Waals surface area contributed by atoms with E-state index in [1.54, 1.807) is 12.1 Å². The standard InChI is InChI=1S/C20H20ClN3O3S/c1-14-3-2-4-16(13-14)19-22-20(27-23-19)15-9-11-24(12-10-15)28(25,26)18-7-5-17(21)6-8-18/h2-8,13,15H,9-12H2,1H3. The number of nitrogens with zero attached hydrogens (tertiary/aromatic N) is 3. The van der Waals surface area contributed by atoms with Crippen molar-refractivity contribution in [2.75, 3.05) is 13.1 Å². The fourth-order valence-corrected chi connectivity index (χ4v) is 5.00. The fourth-order valence-electron chi connectivity index (χ4n) is 3.40. The highest BCUT2D eigenvalue weighted by molar-refractivity contribution is 7.89.